The highest BCUT2D eigenvalue weighted by molar-refractivity contribution is 5.87. The standard InChI is InChI=1S/C22H21FN6/c23-18-8-6-17(7-9-18)15-27-10-12-28(13-11-27)21-20-14-26-29(22(20)25-16-24-21)19-4-2-1-3-5-19/h1-9,14,16H,10-13,15H2. The molecule has 0 unspecified atom stereocenters. The predicted octanol–water partition coefficient (Wildman–Crippen LogP) is 3.28. The Balaban J connectivity index is 1.33. The van der Waals surface area contributed by atoms with Crippen LogP contribution < -0.4 is 4.90 Å². The third-order valence-corrected chi connectivity index (χ3v) is 5.34. The van der Waals surface area contributed by atoms with Crippen LogP contribution in [0.1, 0.15) is 5.56 Å². The third-order valence-electron chi connectivity index (χ3n) is 5.34. The Morgan fingerprint density at radius 2 is 1.62 bits per heavy atom. The van der Waals surface area contributed by atoms with E-state index < -0.39 is 0 Å². The van der Waals surface area contributed by atoms with Gasteiger partial charge in [0.2, 0.25) is 0 Å². The largest absolute Gasteiger partial charge is 0.353 e. The summed E-state index contributed by atoms with van der Waals surface area (Å²) in [5, 5.41) is 5.51. The Hall–Kier alpha value is -3.32. The van der Waals surface area contributed by atoms with Crippen molar-refractivity contribution in [3.63, 3.8) is 0 Å². The number of piperazine rings is 1. The van der Waals surface area contributed by atoms with Crippen LogP contribution in [0.2, 0.25) is 0 Å². The SMILES string of the molecule is Fc1ccc(CN2CCN(c3ncnc4c3cnn4-c3ccccc3)CC2)cc1. The van der Waals surface area contributed by atoms with Crippen molar-refractivity contribution in [1.82, 2.24) is 24.6 Å². The van der Waals surface area contributed by atoms with Gasteiger partial charge in [-0.25, -0.2) is 19.0 Å². The van der Waals surface area contributed by atoms with Crippen LogP contribution in [-0.2, 0) is 6.54 Å². The van der Waals surface area contributed by atoms with Crippen LogP contribution in [-0.4, -0.2) is 50.8 Å². The molecule has 2 aromatic heterocycles. The second kappa shape index (κ2) is 7.60. The molecule has 0 N–H and O–H groups in total. The van der Waals surface area contributed by atoms with Crippen molar-refractivity contribution in [2.45, 2.75) is 6.54 Å². The van der Waals surface area contributed by atoms with Crippen LogP contribution in [0, 0.1) is 5.82 Å². The molecule has 1 aliphatic heterocycles. The zero-order valence-electron chi connectivity index (χ0n) is 15.9. The van der Waals surface area contributed by atoms with E-state index in [1.54, 1.807) is 6.33 Å². The molecule has 0 amide bonds. The Morgan fingerprint density at radius 3 is 2.38 bits per heavy atom. The molecule has 1 fully saturated rings. The Labute approximate surface area is 168 Å². The van der Waals surface area contributed by atoms with E-state index in [0.29, 0.717) is 0 Å². The highest BCUT2D eigenvalue weighted by atomic mass is 19.1. The first-order valence-corrected chi connectivity index (χ1v) is 9.74. The second-order valence-corrected chi connectivity index (χ2v) is 7.22. The molecule has 2 aromatic carbocycles. The summed E-state index contributed by atoms with van der Waals surface area (Å²) in [5.41, 5.74) is 2.93. The zero-order chi connectivity index (χ0) is 19.6. The third kappa shape index (κ3) is 3.56. The first-order chi connectivity index (χ1) is 14.3. The molecule has 5 rings (SSSR count). The lowest BCUT2D eigenvalue weighted by Gasteiger charge is -2.35. The lowest BCUT2D eigenvalue weighted by molar-refractivity contribution is 0.249. The van der Waals surface area contributed by atoms with E-state index in [-0.39, 0.29) is 5.82 Å². The van der Waals surface area contributed by atoms with Crippen molar-refractivity contribution in [2.75, 3.05) is 31.1 Å². The van der Waals surface area contributed by atoms with Crippen molar-refractivity contribution >= 4 is 16.9 Å². The normalized spacial score (nSPS) is 15.1. The fraction of sp³-hybridized carbons (Fsp3) is 0.227. The van der Waals surface area contributed by atoms with Gasteiger partial charge in [-0.15, -0.1) is 0 Å². The molecule has 0 spiro atoms. The van der Waals surface area contributed by atoms with E-state index in [1.165, 1.54) is 12.1 Å². The summed E-state index contributed by atoms with van der Waals surface area (Å²) in [7, 11) is 0. The number of aromatic nitrogens is 4. The Morgan fingerprint density at radius 1 is 0.862 bits per heavy atom. The monoisotopic (exact) mass is 388 g/mol. The Kier molecular flexibility index (Phi) is 4.65. The number of benzene rings is 2. The number of nitrogens with zero attached hydrogens (tertiary/aromatic N) is 6. The smallest absolute Gasteiger partial charge is 0.168 e. The van der Waals surface area contributed by atoms with E-state index in [9.17, 15) is 4.39 Å². The highest BCUT2D eigenvalue weighted by Gasteiger charge is 2.21. The van der Waals surface area contributed by atoms with Gasteiger partial charge in [0.25, 0.3) is 0 Å². The molecular formula is C22H21FN6. The summed E-state index contributed by atoms with van der Waals surface area (Å²) in [6, 6.07) is 16.8. The second-order valence-electron chi connectivity index (χ2n) is 7.22. The van der Waals surface area contributed by atoms with Gasteiger partial charge in [0, 0.05) is 32.7 Å². The lowest BCUT2D eigenvalue weighted by atomic mass is 10.2. The average Bonchev–Trinajstić information content (AvgIpc) is 3.21. The van der Waals surface area contributed by atoms with Crippen LogP contribution >= 0.6 is 0 Å². The molecule has 146 valence electrons. The number of fused-ring (bicyclic) bond motifs is 1. The minimum Gasteiger partial charge on any atom is -0.353 e. The molecular weight excluding hydrogens is 367 g/mol. The van der Waals surface area contributed by atoms with Gasteiger partial charge in [0.05, 0.1) is 17.3 Å². The van der Waals surface area contributed by atoms with E-state index in [0.717, 1.165) is 60.8 Å². The maximum absolute atomic E-state index is 13.1. The molecule has 0 bridgehead atoms. The summed E-state index contributed by atoms with van der Waals surface area (Å²) < 4.78 is 15.0. The topological polar surface area (TPSA) is 50.1 Å². The van der Waals surface area contributed by atoms with Gasteiger partial charge in [0.15, 0.2) is 5.65 Å². The van der Waals surface area contributed by atoms with Crippen LogP contribution in [0.4, 0.5) is 10.2 Å². The first-order valence-electron chi connectivity index (χ1n) is 9.74. The number of halogens is 1. The van der Waals surface area contributed by atoms with Gasteiger partial charge in [0.1, 0.15) is 18.0 Å². The van der Waals surface area contributed by atoms with Crippen molar-refractivity contribution < 1.29 is 4.39 Å². The number of para-hydroxylation sites is 1. The molecule has 0 saturated carbocycles. The lowest BCUT2D eigenvalue weighted by Crippen LogP contribution is -2.46. The predicted molar refractivity (Wildman–Crippen MR) is 111 cm³/mol. The van der Waals surface area contributed by atoms with Crippen molar-refractivity contribution in [3.05, 3.63) is 78.5 Å². The van der Waals surface area contributed by atoms with E-state index >= 15 is 0 Å². The summed E-state index contributed by atoms with van der Waals surface area (Å²) in [6.07, 6.45) is 3.46. The minimum atomic E-state index is -0.192. The maximum Gasteiger partial charge on any atom is 0.168 e. The van der Waals surface area contributed by atoms with Crippen LogP contribution in [0.3, 0.4) is 0 Å². The van der Waals surface area contributed by atoms with Gasteiger partial charge in [-0.1, -0.05) is 30.3 Å². The molecule has 29 heavy (non-hydrogen) atoms. The summed E-state index contributed by atoms with van der Waals surface area (Å²) in [5.74, 6) is 0.737. The molecule has 3 heterocycles. The molecule has 4 aromatic rings. The summed E-state index contributed by atoms with van der Waals surface area (Å²) in [4.78, 5) is 13.7. The molecule has 7 heteroatoms. The fourth-order valence-corrected chi connectivity index (χ4v) is 3.81. The minimum absolute atomic E-state index is 0.192. The highest BCUT2D eigenvalue weighted by Crippen LogP contribution is 2.25. The number of hydrogen-bond acceptors (Lipinski definition) is 5. The quantitative estimate of drug-likeness (QED) is 0.537. The van der Waals surface area contributed by atoms with Crippen molar-refractivity contribution in [1.29, 1.82) is 0 Å². The van der Waals surface area contributed by atoms with Crippen molar-refractivity contribution in [2.24, 2.45) is 0 Å². The van der Waals surface area contributed by atoms with Crippen LogP contribution in [0.15, 0.2) is 67.1 Å². The summed E-state index contributed by atoms with van der Waals surface area (Å²) >= 11 is 0. The van der Waals surface area contributed by atoms with E-state index in [2.05, 4.69) is 24.9 Å². The number of hydrogen-bond donors (Lipinski definition) is 0. The van der Waals surface area contributed by atoms with Gasteiger partial charge >= 0.3 is 0 Å². The molecule has 1 aliphatic rings. The zero-order valence-corrected chi connectivity index (χ0v) is 15.9. The maximum atomic E-state index is 13.1. The summed E-state index contributed by atoms with van der Waals surface area (Å²) in [6.45, 7) is 4.44. The van der Waals surface area contributed by atoms with E-state index in [1.807, 2.05) is 53.3 Å². The molecule has 0 radical (unpaired) electrons. The number of anilines is 1. The molecule has 0 atom stereocenters. The first kappa shape index (κ1) is 17.8. The molecule has 6 nitrogen and oxygen atoms in total. The van der Waals surface area contributed by atoms with Gasteiger partial charge in [-0.3, -0.25) is 4.90 Å². The van der Waals surface area contributed by atoms with Crippen LogP contribution in [0.25, 0.3) is 16.7 Å². The fourth-order valence-electron chi connectivity index (χ4n) is 3.81. The average molecular weight is 388 g/mol. The van der Waals surface area contributed by atoms with Crippen LogP contribution in [0.5, 0.6) is 0 Å². The van der Waals surface area contributed by atoms with Gasteiger partial charge in [-0.2, -0.15) is 5.10 Å². The Bertz CT molecular complexity index is 1100. The van der Waals surface area contributed by atoms with Gasteiger partial charge in [-0.05, 0) is 29.8 Å². The molecule has 0 aliphatic carbocycles. The molecule has 1 saturated heterocycles. The van der Waals surface area contributed by atoms with Crippen molar-refractivity contribution in [3.8, 4) is 5.69 Å². The number of rotatable bonds is 4. The van der Waals surface area contributed by atoms with E-state index in [4.69, 9.17) is 0 Å². The van der Waals surface area contributed by atoms with Gasteiger partial charge < -0.3 is 4.90 Å².